The smallest absolute Gasteiger partial charge is 0.314 e. The summed E-state index contributed by atoms with van der Waals surface area (Å²) in [6.45, 7) is 4.63. The van der Waals surface area contributed by atoms with Gasteiger partial charge in [-0.3, -0.25) is 14.4 Å². The van der Waals surface area contributed by atoms with Crippen molar-refractivity contribution in [1.82, 2.24) is 0 Å². The van der Waals surface area contributed by atoms with E-state index in [0.29, 0.717) is 24.3 Å². The minimum atomic E-state index is -0.742. The van der Waals surface area contributed by atoms with Gasteiger partial charge in [0, 0.05) is 30.0 Å². The van der Waals surface area contributed by atoms with Crippen LogP contribution < -0.4 is 15.5 Å². The highest BCUT2D eigenvalue weighted by molar-refractivity contribution is 6.43. The fraction of sp³-hybridized carbons (Fsp3) is 0.250. The highest BCUT2D eigenvalue weighted by Crippen LogP contribution is 2.23. The van der Waals surface area contributed by atoms with E-state index in [-0.39, 0.29) is 5.91 Å². The van der Waals surface area contributed by atoms with Gasteiger partial charge in [-0.25, -0.2) is 0 Å². The number of amides is 3. The van der Waals surface area contributed by atoms with Crippen molar-refractivity contribution in [3.05, 3.63) is 53.6 Å². The van der Waals surface area contributed by atoms with Crippen LogP contribution in [0, 0.1) is 13.8 Å². The van der Waals surface area contributed by atoms with E-state index in [1.165, 1.54) is 0 Å². The molecule has 134 valence electrons. The molecule has 0 saturated carbocycles. The van der Waals surface area contributed by atoms with Gasteiger partial charge in [-0.1, -0.05) is 6.07 Å². The van der Waals surface area contributed by atoms with Gasteiger partial charge in [0.2, 0.25) is 5.91 Å². The molecule has 3 rings (SSSR count). The summed E-state index contributed by atoms with van der Waals surface area (Å²) >= 11 is 0. The molecule has 1 aliphatic heterocycles. The number of aryl methyl sites for hydroxylation is 2. The lowest BCUT2D eigenvalue weighted by atomic mass is 10.1. The molecule has 3 amide bonds. The molecule has 0 aromatic heterocycles. The number of hydrogen-bond donors (Lipinski definition) is 2. The van der Waals surface area contributed by atoms with Crippen molar-refractivity contribution in [1.29, 1.82) is 0 Å². The van der Waals surface area contributed by atoms with Crippen molar-refractivity contribution >= 4 is 34.8 Å². The van der Waals surface area contributed by atoms with Gasteiger partial charge in [0.1, 0.15) is 0 Å². The molecule has 1 aliphatic rings. The number of hydrogen-bond acceptors (Lipinski definition) is 3. The standard InChI is InChI=1S/C20H21N3O3/c1-13-5-6-16(12-14(13)2)22-20(26)19(25)21-15-7-9-17(10-8-15)23-11-3-4-18(23)24/h5-10,12H,3-4,11H2,1-2H3,(H,21,25)(H,22,26). The summed E-state index contributed by atoms with van der Waals surface area (Å²) in [5.41, 5.74) is 4.03. The van der Waals surface area contributed by atoms with Crippen LogP contribution in [0.5, 0.6) is 0 Å². The first-order valence-electron chi connectivity index (χ1n) is 8.54. The van der Waals surface area contributed by atoms with Crippen molar-refractivity contribution in [2.45, 2.75) is 26.7 Å². The molecule has 0 radical (unpaired) electrons. The Morgan fingerprint density at radius 3 is 2.08 bits per heavy atom. The molecule has 0 bridgehead atoms. The molecule has 26 heavy (non-hydrogen) atoms. The molecule has 2 aromatic rings. The fourth-order valence-corrected chi connectivity index (χ4v) is 2.84. The normalized spacial score (nSPS) is 13.6. The second kappa shape index (κ2) is 7.39. The zero-order chi connectivity index (χ0) is 18.7. The topological polar surface area (TPSA) is 78.5 Å². The minimum absolute atomic E-state index is 0.106. The van der Waals surface area contributed by atoms with Crippen LogP contribution in [0.3, 0.4) is 0 Å². The number of nitrogens with one attached hydrogen (secondary N) is 2. The number of carbonyl (C=O) groups is 3. The van der Waals surface area contributed by atoms with Crippen molar-refractivity contribution in [2.24, 2.45) is 0 Å². The van der Waals surface area contributed by atoms with Crippen LogP contribution in [0.25, 0.3) is 0 Å². The highest BCUT2D eigenvalue weighted by Gasteiger charge is 2.21. The lowest BCUT2D eigenvalue weighted by Gasteiger charge is -2.16. The molecule has 1 heterocycles. The van der Waals surface area contributed by atoms with E-state index in [0.717, 1.165) is 23.2 Å². The summed E-state index contributed by atoms with van der Waals surface area (Å²) in [7, 11) is 0. The van der Waals surface area contributed by atoms with Crippen LogP contribution in [-0.4, -0.2) is 24.3 Å². The lowest BCUT2D eigenvalue weighted by Crippen LogP contribution is -2.29. The van der Waals surface area contributed by atoms with Gasteiger partial charge in [0.15, 0.2) is 0 Å². The second-order valence-corrected chi connectivity index (χ2v) is 6.40. The fourth-order valence-electron chi connectivity index (χ4n) is 2.84. The Labute approximate surface area is 152 Å². The third kappa shape index (κ3) is 3.91. The maximum atomic E-state index is 12.1. The Morgan fingerprint density at radius 1 is 0.885 bits per heavy atom. The number of anilines is 3. The first-order chi connectivity index (χ1) is 12.4. The third-order valence-electron chi connectivity index (χ3n) is 4.48. The molecule has 0 unspecified atom stereocenters. The predicted molar refractivity (Wildman–Crippen MR) is 101 cm³/mol. The monoisotopic (exact) mass is 351 g/mol. The van der Waals surface area contributed by atoms with Crippen LogP contribution in [0.4, 0.5) is 17.1 Å². The van der Waals surface area contributed by atoms with E-state index in [1.807, 2.05) is 26.0 Å². The van der Waals surface area contributed by atoms with E-state index < -0.39 is 11.8 Å². The molecule has 2 aromatic carbocycles. The van der Waals surface area contributed by atoms with E-state index in [9.17, 15) is 14.4 Å². The van der Waals surface area contributed by atoms with Crippen LogP contribution >= 0.6 is 0 Å². The number of benzene rings is 2. The summed E-state index contributed by atoms with van der Waals surface area (Å²) in [6.07, 6.45) is 1.42. The van der Waals surface area contributed by atoms with E-state index >= 15 is 0 Å². The second-order valence-electron chi connectivity index (χ2n) is 6.40. The molecule has 1 saturated heterocycles. The minimum Gasteiger partial charge on any atom is -0.318 e. The summed E-state index contributed by atoms with van der Waals surface area (Å²) in [5, 5.41) is 5.15. The average Bonchev–Trinajstić information content (AvgIpc) is 3.05. The van der Waals surface area contributed by atoms with Gasteiger partial charge < -0.3 is 15.5 Å². The summed E-state index contributed by atoms with van der Waals surface area (Å²) in [4.78, 5) is 37.6. The number of carbonyl (C=O) groups excluding carboxylic acids is 3. The Morgan fingerprint density at radius 2 is 1.50 bits per heavy atom. The molecular weight excluding hydrogens is 330 g/mol. The summed E-state index contributed by atoms with van der Waals surface area (Å²) in [6, 6.07) is 12.4. The molecule has 6 nitrogen and oxygen atoms in total. The van der Waals surface area contributed by atoms with Crippen LogP contribution in [0.1, 0.15) is 24.0 Å². The van der Waals surface area contributed by atoms with Gasteiger partial charge >= 0.3 is 11.8 Å². The van der Waals surface area contributed by atoms with Gasteiger partial charge in [0.05, 0.1) is 0 Å². The van der Waals surface area contributed by atoms with Crippen LogP contribution in [-0.2, 0) is 14.4 Å². The predicted octanol–water partition coefficient (Wildman–Crippen LogP) is 3.01. The Bertz CT molecular complexity index is 859. The van der Waals surface area contributed by atoms with Crippen molar-refractivity contribution in [3.63, 3.8) is 0 Å². The van der Waals surface area contributed by atoms with Crippen molar-refractivity contribution in [2.75, 3.05) is 22.1 Å². The number of rotatable bonds is 3. The molecule has 0 aliphatic carbocycles. The van der Waals surface area contributed by atoms with Crippen molar-refractivity contribution < 1.29 is 14.4 Å². The summed E-state index contributed by atoms with van der Waals surface area (Å²) in [5.74, 6) is -1.37. The lowest BCUT2D eigenvalue weighted by molar-refractivity contribution is -0.132. The SMILES string of the molecule is Cc1ccc(NC(=O)C(=O)Nc2ccc(N3CCCC3=O)cc2)cc1C. The molecule has 0 atom stereocenters. The van der Waals surface area contributed by atoms with Gasteiger partial charge in [-0.2, -0.15) is 0 Å². The van der Waals surface area contributed by atoms with E-state index in [4.69, 9.17) is 0 Å². The molecular formula is C20H21N3O3. The van der Waals surface area contributed by atoms with Crippen molar-refractivity contribution in [3.8, 4) is 0 Å². The van der Waals surface area contributed by atoms with E-state index in [1.54, 1.807) is 35.2 Å². The van der Waals surface area contributed by atoms with E-state index in [2.05, 4.69) is 10.6 Å². The maximum absolute atomic E-state index is 12.1. The molecule has 0 spiro atoms. The van der Waals surface area contributed by atoms with Crippen LogP contribution in [0.2, 0.25) is 0 Å². The van der Waals surface area contributed by atoms with Gasteiger partial charge in [-0.15, -0.1) is 0 Å². The largest absolute Gasteiger partial charge is 0.318 e. The summed E-state index contributed by atoms with van der Waals surface area (Å²) < 4.78 is 0. The Kier molecular flexibility index (Phi) is 5.02. The highest BCUT2D eigenvalue weighted by atomic mass is 16.2. The zero-order valence-corrected chi connectivity index (χ0v) is 14.8. The van der Waals surface area contributed by atoms with Gasteiger partial charge in [0.25, 0.3) is 0 Å². The quantitative estimate of drug-likeness (QED) is 0.835. The molecule has 1 fully saturated rings. The van der Waals surface area contributed by atoms with Crippen LogP contribution in [0.15, 0.2) is 42.5 Å². The Hall–Kier alpha value is -3.15. The zero-order valence-electron chi connectivity index (χ0n) is 14.8. The first kappa shape index (κ1) is 17.7. The Balaban J connectivity index is 1.61. The average molecular weight is 351 g/mol. The molecule has 2 N–H and O–H groups in total. The number of nitrogens with zero attached hydrogens (tertiary/aromatic N) is 1. The first-order valence-corrected chi connectivity index (χ1v) is 8.54. The molecule has 6 heteroatoms. The maximum Gasteiger partial charge on any atom is 0.314 e. The third-order valence-corrected chi connectivity index (χ3v) is 4.48. The van der Waals surface area contributed by atoms with Gasteiger partial charge in [-0.05, 0) is 67.8 Å².